The minimum Gasteiger partial charge on any atom is -0.376 e. The van der Waals surface area contributed by atoms with Gasteiger partial charge in [-0.25, -0.2) is 9.18 Å². The minimum atomic E-state index is -0.834. The van der Waals surface area contributed by atoms with E-state index in [1.807, 2.05) is 6.92 Å². The van der Waals surface area contributed by atoms with Gasteiger partial charge in [0, 0.05) is 0 Å². The van der Waals surface area contributed by atoms with Crippen molar-refractivity contribution in [3.63, 3.8) is 0 Å². The Morgan fingerprint density at radius 2 is 2.29 bits per heavy atom. The summed E-state index contributed by atoms with van der Waals surface area (Å²) < 4.78 is 17.8. The number of alkyl halides is 1. The third-order valence-electron chi connectivity index (χ3n) is 2.65. The quantitative estimate of drug-likeness (QED) is 0.673. The highest BCUT2D eigenvalue weighted by Crippen LogP contribution is 2.15. The van der Waals surface area contributed by atoms with E-state index in [2.05, 4.69) is 5.32 Å². The molecule has 2 saturated heterocycles. The first-order chi connectivity index (χ1) is 6.65. The predicted octanol–water partition coefficient (Wildman–Crippen LogP) is 0.527. The molecule has 2 amide bonds. The molecule has 2 heterocycles. The summed E-state index contributed by atoms with van der Waals surface area (Å²) in [4.78, 5) is 12.9. The number of carbonyl (C=O) groups excluding carboxylic acids is 1. The Bertz CT molecular complexity index is 231. The lowest BCUT2D eigenvalue weighted by Gasteiger charge is -2.34. The molecule has 2 aliphatic heterocycles. The summed E-state index contributed by atoms with van der Waals surface area (Å²) in [6.07, 6.45) is 0.226. The maximum Gasteiger partial charge on any atom is 0.317 e. The van der Waals surface area contributed by atoms with Crippen molar-refractivity contribution in [2.45, 2.75) is 31.7 Å². The maximum absolute atomic E-state index is 12.5. The van der Waals surface area contributed by atoms with Gasteiger partial charge in [-0.2, -0.15) is 0 Å². The SMILES string of the molecule is CC1CC(NC(=O)N2CC(F)C2)CO1. The van der Waals surface area contributed by atoms with Crippen LogP contribution in [0.1, 0.15) is 13.3 Å². The van der Waals surface area contributed by atoms with Crippen LogP contribution in [0.5, 0.6) is 0 Å². The number of hydrogen-bond donors (Lipinski definition) is 1. The van der Waals surface area contributed by atoms with Crippen molar-refractivity contribution in [3.05, 3.63) is 0 Å². The normalized spacial score (nSPS) is 32.9. The van der Waals surface area contributed by atoms with Crippen molar-refractivity contribution < 1.29 is 13.9 Å². The lowest BCUT2D eigenvalue weighted by Crippen LogP contribution is -2.56. The number of likely N-dealkylation sites (tertiary alicyclic amines) is 1. The van der Waals surface area contributed by atoms with Gasteiger partial charge < -0.3 is 15.0 Å². The van der Waals surface area contributed by atoms with Gasteiger partial charge in [0.25, 0.3) is 0 Å². The maximum atomic E-state index is 12.5. The standard InChI is InChI=1S/C9H15FN2O2/c1-6-2-8(5-14-6)11-9(13)12-3-7(10)4-12/h6-8H,2-5H2,1H3,(H,11,13). The van der Waals surface area contributed by atoms with E-state index in [4.69, 9.17) is 4.74 Å². The summed E-state index contributed by atoms with van der Waals surface area (Å²) >= 11 is 0. The van der Waals surface area contributed by atoms with Crippen molar-refractivity contribution in [1.82, 2.24) is 10.2 Å². The van der Waals surface area contributed by atoms with E-state index in [-0.39, 0.29) is 31.3 Å². The molecule has 0 aliphatic carbocycles. The first-order valence-electron chi connectivity index (χ1n) is 4.96. The molecule has 4 nitrogen and oxygen atoms in total. The van der Waals surface area contributed by atoms with Gasteiger partial charge in [0.05, 0.1) is 31.8 Å². The lowest BCUT2D eigenvalue weighted by molar-refractivity contribution is 0.0866. The molecule has 2 aliphatic rings. The number of ether oxygens (including phenoxy) is 1. The molecule has 2 atom stereocenters. The van der Waals surface area contributed by atoms with Crippen LogP contribution in [0.25, 0.3) is 0 Å². The summed E-state index contributed by atoms with van der Waals surface area (Å²) in [6.45, 7) is 3.01. The van der Waals surface area contributed by atoms with E-state index in [1.165, 1.54) is 4.90 Å². The van der Waals surface area contributed by atoms with E-state index in [9.17, 15) is 9.18 Å². The lowest BCUT2D eigenvalue weighted by atomic mass is 10.2. The van der Waals surface area contributed by atoms with Gasteiger partial charge in [0.1, 0.15) is 6.17 Å². The zero-order valence-corrected chi connectivity index (χ0v) is 8.20. The molecule has 0 radical (unpaired) electrons. The van der Waals surface area contributed by atoms with Crippen LogP contribution >= 0.6 is 0 Å². The molecule has 80 valence electrons. The second-order valence-corrected chi connectivity index (χ2v) is 4.03. The van der Waals surface area contributed by atoms with Gasteiger partial charge in [0.2, 0.25) is 0 Å². The summed E-state index contributed by atoms with van der Waals surface area (Å²) in [5, 5.41) is 2.83. The zero-order valence-electron chi connectivity index (χ0n) is 8.20. The number of nitrogens with one attached hydrogen (secondary N) is 1. The highest BCUT2D eigenvalue weighted by molar-refractivity contribution is 5.75. The Kier molecular flexibility index (Phi) is 2.58. The van der Waals surface area contributed by atoms with Gasteiger partial charge in [-0.1, -0.05) is 0 Å². The Hall–Kier alpha value is -0.840. The summed E-state index contributed by atoms with van der Waals surface area (Å²) in [6, 6.07) is -0.0715. The molecule has 14 heavy (non-hydrogen) atoms. The largest absolute Gasteiger partial charge is 0.376 e. The van der Waals surface area contributed by atoms with Crippen molar-refractivity contribution in [2.24, 2.45) is 0 Å². The Morgan fingerprint density at radius 3 is 2.79 bits per heavy atom. The average molecular weight is 202 g/mol. The highest BCUT2D eigenvalue weighted by atomic mass is 19.1. The summed E-state index contributed by atoms with van der Waals surface area (Å²) in [5.74, 6) is 0. The first kappa shape index (κ1) is 9.71. The van der Waals surface area contributed by atoms with Crippen LogP contribution in [0.4, 0.5) is 9.18 Å². The molecular weight excluding hydrogens is 187 g/mol. The molecule has 0 aromatic rings. The first-order valence-corrected chi connectivity index (χ1v) is 4.96. The predicted molar refractivity (Wildman–Crippen MR) is 48.8 cm³/mol. The van der Waals surface area contributed by atoms with Gasteiger partial charge in [-0.3, -0.25) is 0 Å². The van der Waals surface area contributed by atoms with Crippen LogP contribution in [-0.4, -0.2) is 48.9 Å². The summed E-state index contributed by atoms with van der Waals surface area (Å²) in [5.41, 5.74) is 0. The van der Waals surface area contributed by atoms with Gasteiger partial charge in [-0.05, 0) is 13.3 Å². The molecule has 2 unspecified atom stereocenters. The van der Waals surface area contributed by atoms with Crippen molar-refractivity contribution in [2.75, 3.05) is 19.7 Å². The molecule has 0 aromatic heterocycles. The fourth-order valence-corrected chi connectivity index (χ4v) is 1.77. The van der Waals surface area contributed by atoms with Crippen molar-refractivity contribution in [3.8, 4) is 0 Å². The van der Waals surface area contributed by atoms with Crippen LogP contribution in [0.3, 0.4) is 0 Å². The number of hydrogen-bond acceptors (Lipinski definition) is 2. The molecule has 0 spiro atoms. The van der Waals surface area contributed by atoms with Crippen molar-refractivity contribution in [1.29, 1.82) is 0 Å². The van der Waals surface area contributed by atoms with Crippen LogP contribution < -0.4 is 5.32 Å². The molecule has 1 N–H and O–H groups in total. The van der Waals surface area contributed by atoms with Gasteiger partial charge >= 0.3 is 6.03 Å². The Balaban J connectivity index is 1.72. The zero-order chi connectivity index (χ0) is 10.1. The number of halogens is 1. The van der Waals surface area contributed by atoms with E-state index < -0.39 is 6.17 Å². The Morgan fingerprint density at radius 1 is 1.57 bits per heavy atom. The van der Waals surface area contributed by atoms with Crippen LogP contribution in [0.15, 0.2) is 0 Å². The fourth-order valence-electron chi connectivity index (χ4n) is 1.77. The molecule has 0 aromatic carbocycles. The molecule has 5 heteroatoms. The number of carbonyl (C=O) groups is 1. The van der Waals surface area contributed by atoms with E-state index in [0.717, 1.165) is 6.42 Å². The van der Waals surface area contributed by atoms with Crippen LogP contribution in [0.2, 0.25) is 0 Å². The second-order valence-electron chi connectivity index (χ2n) is 4.03. The van der Waals surface area contributed by atoms with Crippen LogP contribution in [-0.2, 0) is 4.74 Å². The number of nitrogens with zero attached hydrogens (tertiary/aromatic N) is 1. The molecule has 2 rings (SSSR count). The summed E-state index contributed by atoms with van der Waals surface area (Å²) in [7, 11) is 0. The molecular formula is C9H15FN2O2. The number of rotatable bonds is 1. The van der Waals surface area contributed by atoms with Gasteiger partial charge in [-0.15, -0.1) is 0 Å². The monoisotopic (exact) mass is 202 g/mol. The fraction of sp³-hybridized carbons (Fsp3) is 0.889. The Labute approximate surface area is 82.4 Å². The average Bonchev–Trinajstić information content (AvgIpc) is 2.45. The third kappa shape index (κ3) is 1.97. The highest BCUT2D eigenvalue weighted by Gasteiger charge is 2.32. The van der Waals surface area contributed by atoms with E-state index in [1.54, 1.807) is 0 Å². The van der Waals surface area contributed by atoms with Crippen molar-refractivity contribution >= 4 is 6.03 Å². The van der Waals surface area contributed by atoms with Crippen LogP contribution in [0, 0.1) is 0 Å². The second kappa shape index (κ2) is 3.73. The topological polar surface area (TPSA) is 41.6 Å². The molecule has 2 fully saturated rings. The van der Waals surface area contributed by atoms with E-state index >= 15 is 0 Å². The smallest absolute Gasteiger partial charge is 0.317 e. The minimum absolute atomic E-state index is 0.0937. The number of urea groups is 1. The van der Waals surface area contributed by atoms with Gasteiger partial charge in [0.15, 0.2) is 0 Å². The van der Waals surface area contributed by atoms with E-state index in [0.29, 0.717) is 6.61 Å². The molecule has 0 bridgehead atoms. The number of amides is 2. The third-order valence-corrected chi connectivity index (χ3v) is 2.65. The molecule has 0 saturated carbocycles.